The van der Waals surface area contributed by atoms with Crippen LogP contribution >= 0.6 is 11.6 Å². The number of ketones is 1. The minimum atomic E-state index is -1.16. The highest BCUT2D eigenvalue weighted by Gasteiger charge is 2.24. The summed E-state index contributed by atoms with van der Waals surface area (Å²) < 4.78 is 26.2. The lowest BCUT2D eigenvalue weighted by Crippen LogP contribution is -2.12. The first-order valence-electron chi connectivity index (χ1n) is 5.68. The van der Waals surface area contributed by atoms with Crippen molar-refractivity contribution >= 4 is 17.4 Å². The zero-order valence-corrected chi connectivity index (χ0v) is 10.9. The number of Topliss-reactive ketones (excluding diaryl/α,β-unsaturated/α-hetero) is 1. The molecule has 2 aromatic rings. The standard InChI is InChI=1S/C15H8ClF2NO/c16-14-11(2-1-3-13(14)18)15(20)12(8-19)9-4-6-10(17)7-5-9/h1-7,12H. The number of halogens is 3. The molecule has 1 atom stereocenters. The van der Waals surface area contributed by atoms with Crippen molar-refractivity contribution in [2.45, 2.75) is 5.92 Å². The van der Waals surface area contributed by atoms with Crippen molar-refractivity contribution in [3.05, 3.63) is 70.2 Å². The molecule has 100 valence electrons. The van der Waals surface area contributed by atoms with Crippen LogP contribution in [0.3, 0.4) is 0 Å². The highest BCUT2D eigenvalue weighted by atomic mass is 35.5. The summed E-state index contributed by atoms with van der Waals surface area (Å²) >= 11 is 5.74. The van der Waals surface area contributed by atoms with Crippen molar-refractivity contribution in [2.24, 2.45) is 0 Å². The molecule has 0 heterocycles. The van der Waals surface area contributed by atoms with Crippen LogP contribution in [0.1, 0.15) is 21.8 Å². The number of benzene rings is 2. The summed E-state index contributed by atoms with van der Waals surface area (Å²) in [6.07, 6.45) is 0. The van der Waals surface area contributed by atoms with Gasteiger partial charge in [-0.3, -0.25) is 4.79 Å². The van der Waals surface area contributed by atoms with Gasteiger partial charge >= 0.3 is 0 Å². The van der Waals surface area contributed by atoms with E-state index >= 15 is 0 Å². The van der Waals surface area contributed by atoms with E-state index in [1.807, 2.05) is 6.07 Å². The van der Waals surface area contributed by atoms with Crippen molar-refractivity contribution in [2.75, 3.05) is 0 Å². The van der Waals surface area contributed by atoms with Crippen LogP contribution in [-0.2, 0) is 0 Å². The fraction of sp³-hybridized carbons (Fsp3) is 0.0667. The molecule has 0 radical (unpaired) electrons. The highest BCUT2D eigenvalue weighted by Crippen LogP contribution is 2.26. The molecule has 5 heteroatoms. The largest absolute Gasteiger partial charge is 0.292 e. The zero-order chi connectivity index (χ0) is 14.7. The molecule has 0 bridgehead atoms. The Labute approximate surface area is 119 Å². The maximum atomic E-state index is 13.3. The first-order valence-corrected chi connectivity index (χ1v) is 6.05. The maximum Gasteiger partial charge on any atom is 0.186 e. The quantitative estimate of drug-likeness (QED) is 0.799. The molecule has 0 N–H and O–H groups in total. The number of nitriles is 1. The predicted octanol–water partition coefficient (Wildman–Crippen LogP) is 4.11. The zero-order valence-electron chi connectivity index (χ0n) is 10.1. The summed E-state index contributed by atoms with van der Waals surface area (Å²) in [4.78, 5) is 12.3. The maximum absolute atomic E-state index is 13.3. The molecule has 0 fully saturated rings. The predicted molar refractivity (Wildman–Crippen MR) is 70.5 cm³/mol. The average Bonchev–Trinajstić information content (AvgIpc) is 2.44. The molecule has 1 unspecified atom stereocenters. The van der Waals surface area contributed by atoms with E-state index in [4.69, 9.17) is 16.9 Å². The topological polar surface area (TPSA) is 40.9 Å². The summed E-state index contributed by atoms with van der Waals surface area (Å²) in [6, 6.07) is 10.6. The number of nitrogens with zero attached hydrogens (tertiary/aromatic N) is 1. The lowest BCUT2D eigenvalue weighted by molar-refractivity contribution is 0.0978. The first-order chi connectivity index (χ1) is 9.54. The number of rotatable bonds is 3. The van der Waals surface area contributed by atoms with Crippen molar-refractivity contribution in [1.82, 2.24) is 0 Å². The number of carbonyl (C=O) groups is 1. The Morgan fingerprint density at radius 3 is 2.40 bits per heavy atom. The molecule has 0 saturated heterocycles. The molecule has 2 aromatic carbocycles. The Balaban J connectivity index is 2.42. The monoisotopic (exact) mass is 291 g/mol. The van der Waals surface area contributed by atoms with Gasteiger partial charge in [0.05, 0.1) is 11.1 Å². The van der Waals surface area contributed by atoms with Gasteiger partial charge in [-0.15, -0.1) is 0 Å². The molecule has 2 nitrogen and oxygen atoms in total. The SMILES string of the molecule is N#CC(C(=O)c1cccc(F)c1Cl)c1ccc(F)cc1. The van der Waals surface area contributed by atoms with E-state index in [1.165, 1.54) is 24.3 Å². The molecular weight excluding hydrogens is 284 g/mol. The third kappa shape index (κ3) is 2.68. The Hall–Kier alpha value is -2.25. The third-order valence-corrected chi connectivity index (χ3v) is 3.20. The molecular formula is C15H8ClF2NO. The minimum absolute atomic E-state index is 0.0671. The van der Waals surface area contributed by atoms with Crippen molar-refractivity contribution in [3.8, 4) is 6.07 Å². The molecule has 0 aliphatic carbocycles. The van der Waals surface area contributed by atoms with Crippen molar-refractivity contribution < 1.29 is 13.6 Å². The van der Waals surface area contributed by atoms with Crippen molar-refractivity contribution in [1.29, 1.82) is 5.26 Å². The van der Waals surface area contributed by atoms with Crippen LogP contribution in [0.25, 0.3) is 0 Å². The molecule has 20 heavy (non-hydrogen) atoms. The average molecular weight is 292 g/mol. The van der Waals surface area contributed by atoms with Gasteiger partial charge in [0, 0.05) is 5.56 Å². The van der Waals surface area contributed by atoms with Crippen LogP contribution in [0, 0.1) is 23.0 Å². The molecule has 0 saturated carbocycles. The summed E-state index contributed by atoms with van der Waals surface area (Å²) in [5.74, 6) is -2.98. The third-order valence-electron chi connectivity index (χ3n) is 2.81. The van der Waals surface area contributed by atoms with E-state index in [9.17, 15) is 13.6 Å². The summed E-state index contributed by atoms with van der Waals surface area (Å²) in [5.41, 5.74) is 0.266. The van der Waals surface area contributed by atoms with Gasteiger partial charge in [0.1, 0.15) is 17.6 Å². The van der Waals surface area contributed by atoms with Gasteiger partial charge in [0.15, 0.2) is 5.78 Å². The van der Waals surface area contributed by atoms with Gasteiger partial charge in [-0.1, -0.05) is 29.8 Å². The van der Waals surface area contributed by atoms with E-state index in [-0.39, 0.29) is 10.6 Å². The van der Waals surface area contributed by atoms with Gasteiger partial charge in [0.25, 0.3) is 0 Å². The Bertz CT molecular complexity index is 692. The van der Waals surface area contributed by atoms with E-state index in [2.05, 4.69) is 0 Å². The Morgan fingerprint density at radius 1 is 1.15 bits per heavy atom. The fourth-order valence-corrected chi connectivity index (χ4v) is 2.01. The second-order valence-electron chi connectivity index (χ2n) is 4.08. The first kappa shape index (κ1) is 14.2. The van der Waals surface area contributed by atoms with Gasteiger partial charge in [-0.25, -0.2) is 8.78 Å². The minimum Gasteiger partial charge on any atom is -0.292 e. The van der Waals surface area contributed by atoms with Gasteiger partial charge in [-0.05, 0) is 29.8 Å². The van der Waals surface area contributed by atoms with Crippen LogP contribution in [-0.4, -0.2) is 5.78 Å². The normalized spacial score (nSPS) is 11.7. The summed E-state index contributed by atoms with van der Waals surface area (Å²) in [7, 11) is 0. The Morgan fingerprint density at radius 2 is 1.80 bits per heavy atom. The van der Waals surface area contributed by atoms with Gasteiger partial charge in [-0.2, -0.15) is 5.26 Å². The van der Waals surface area contributed by atoms with Crippen LogP contribution in [0.5, 0.6) is 0 Å². The van der Waals surface area contributed by atoms with E-state index < -0.39 is 23.3 Å². The fourth-order valence-electron chi connectivity index (χ4n) is 1.79. The highest BCUT2D eigenvalue weighted by molar-refractivity contribution is 6.34. The molecule has 0 aromatic heterocycles. The summed E-state index contributed by atoms with van der Waals surface area (Å²) in [6.45, 7) is 0. The molecule has 0 aliphatic rings. The van der Waals surface area contributed by atoms with Crippen LogP contribution in [0.15, 0.2) is 42.5 Å². The smallest absolute Gasteiger partial charge is 0.186 e. The number of carbonyl (C=O) groups excluding carboxylic acids is 1. The van der Waals surface area contributed by atoms with E-state index in [0.29, 0.717) is 5.56 Å². The number of hydrogen-bond acceptors (Lipinski definition) is 2. The molecule has 2 rings (SSSR count). The second kappa shape index (κ2) is 5.81. The summed E-state index contributed by atoms with van der Waals surface area (Å²) in [5, 5.41) is 8.82. The van der Waals surface area contributed by atoms with Crippen LogP contribution in [0.2, 0.25) is 5.02 Å². The molecule has 0 aliphatic heterocycles. The van der Waals surface area contributed by atoms with Gasteiger partial charge < -0.3 is 0 Å². The number of hydrogen-bond donors (Lipinski definition) is 0. The van der Waals surface area contributed by atoms with E-state index in [1.54, 1.807) is 0 Å². The van der Waals surface area contributed by atoms with Crippen LogP contribution in [0.4, 0.5) is 8.78 Å². The Kier molecular flexibility index (Phi) is 4.11. The van der Waals surface area contributed by atoms with Crippen molar-refractivity contribution in [3.63, 3.8) is 0 Å². The molecule has 0 spiro atoms. The second-order valence-corrected chi connectivity index (χ2v) is 4.46. The molecule has 0 amide bonds. The lowest BCUT2D eigenvalue weighted by Gasteiger charge is -2.10. The van der Waals surface area contributed by atoms with Crippen LogP contribution < -0.4 is 0 Å². The van der Waals surface area contributed by atoms with Gasteiger partial charge in [0.2, 0.25) is 0 Å². The van der Waals surface area contributed by atoms with E-state index in [0.717, 1.165) is 18.2 Å². The lowest BCUT2D eigenvalue weighted by atomic mass is 9.92.